The maximum Gasteiger partial charge on any atom is 0.325 e. The van der Waals surface area contributed by atoms with E-state index in [1.54, 1.807) is 41.3 Å². The molecule has 0 aliphatic carbocycles. The van der Waals surface area contributed by atoms with Gasteiger partial charge in [0, 0.05) is 43.7 Å². The molecule has 0 saturated carbocycles. The molecule has 3 heterocycles. The van der Waals surface area contributed by atoms with Crippen LogP contribution in [0.25, 0.3) is 0 Å². The first-order valence-corrected chi connectivity index (χ1v) is 11.5. The van der Waals surface area contributed by atoms with Gasteiger partial charge in [0.05, 0.1) is 12.3 Å². The Bertz CT molecular complexity index is 1230. The Labute approximate surface area is 201 Å². The van der Waals surface area contributed by atoms with Gasteiger partial charge in [-0.25, -0.2) is 9.18 Å². The third-order valence-corrected chi connectivity index (χ3v) is 6.88. The third kappa shape index (κ3) is 3.88. The van der Waals surface area contributed by atoms with Crippen LogP contribution in [-0.4, -0.2) is 72.8 Å². The molecule has 0 unspecified atom stereocenters. The minimum absolute atomic E-state index is 0.211. The van der Waals surface area contributed by atoms with Gasteiger partial charge < -0.3 is 19.9 Å². The van der Waals surface area contributed by atoms with Gasteiger partial charge in [-0.3, -0.25) is 19.3 Å². The molecule has 2 aromatic carbocycles. The number of ketones is 1. The summed E-state index contributed by atoms with van der Waals surface area (Å²) in [4.78, 5) is 54.9. The SMILES string of the molecule is CC(=O)c1ccc(N2CCN(C(=O)CN3C(=O)N[C@]4(CCOc5ccccc54)C3=O)CC2)c(F)c1. The van der Waals surface area contributed by atoms with Crippen LogP contribution in [0.3, 0.4) is 0 Å². The summed E-state index contributed by atoms with van der Waals surface area (Å²) in [5, 5.41) is 2.79. The second kappa shape index (κ2) is 8.68. The number of fused-ring (bicyclic) bond motifs is 2. The molecule has 2 aromatic rings. The minimum atomic E-state index is -1.23. The quantitative estimate of drug-likeness (QED) is 0.530. The average molecular weight is 480 g/mol. The van der Waals surface area contributed by atoms with Crippen molar-refractivity contribution in [2.45, 2.75) is 18.9 Å². The van der Waals surface area contributed by atoms with E-state index in [1.807, 2.05) is 4.90 Å². The average Bonchev–Trinajstić information content (AvgIpc) is 3.09. The highest BCUT2D eigenvalue weighted by molar-refractivity contribution is 6.09. The second-order valence-electron chi connectivity index (χ2n) is 8.91. The number of piperazine rings is 1. The maximum absolute atomic E-state index is 14.5. The molecule has 1 spiro atoms. The molecule has 4 amide bonds. The van der Waals surface area contributed by atoms with Crippen LogP contribution in [0, 0.1) is 5.82 Å². The maximum atomic E-state index is 14.5. The first-order valence-electron chi connectivity index (χ1n) is 11.5. The van der Waals surface area contributed by atoms with Gasteiger partial charge in [0.25, 0.3) is 5.91 Å². The van der Waals surface area contributed by atoms with Gasteiger partial charge in [-0.05, 0) is 31.2 Å². The van der Waals surface area contributed by atoms with Gasteiger partial charge in [0.2, 0.25) is 5.91 Å². The van der Waals surface area contributed by atoms with Crippen LogP contribution in [0.4, 0.5) is 14.9 Å². The Balaban J connectivity index is 1.24. The van der Waals surface area contributed by atoms with E-state index in [0.29, 0.717) is 48.7 Å². The smallest absolute Gasteiger partial charge is 0.325 e. The summed E-state index contributed by atoms with van der Waals surface area (Å²) in [5.74, 6) is -0.965. The molecular weight excluding hydrogens is 455 g/mol. The molecule has 1 atom stereocenters. The molecule has 10 heteroatoms. The lowest BCUT2D eigenvalue weighted by atomic mass is 9.84. The van der Waals surface area contributed by atoms with Gasteiger partial charge in [-0.15, -0.1) is 0 Å². The number of benzene rings is 2. The molecule has 0 aromatic heterocycles. The molecular formula is C25H25FN4O5. The zero-order chi connectivity index (χ0) is 24.7. The van der Waals surface area contributed by atoms with Crippen molar-refractivity contribution in [3.8, 4) is 5.75 Å². The number of amides is 4. The van der Waals surface area contributed by atoms with E-state index in [2.05, 4.69) is 5.32 Å². The number of nitrogens with zero attached hydrogens (tertiary/aromatic N) is 3. The molecule has 0 radical (unpaired) electrons. The number of Topliss-reactive ketones (excluding diaryl/α,β-unsaturated/α-hetero) is 1. The van der Waals surface area contributed by atoms with Crippen molar-refractivity contribution >= 4 is 29.3 Å². The van der Waals surface area contributed by atoms with Crippen molar-refractivity contribution in [2.24, 2.45) is 0 Å². The number of anilines is 1. The number of carbonyl (C=O) groups is 4. The van der Waals surface area contributed by atoms with Gasteiger partial charge in [0.1, 0.15) is 18.1 Å². The summed E-state index contributed by atoms with van der Waals surface area (Å²) in [6.45, 7) is 2.70. The molecule has 1 N–H and O–H groups in total. The zero-order valence-electron chi connectivity index (χ0n) is 19.3. The van der Waals surface area contributed by atoms with Crippen LogP contribution >= 0.6 is 0 Å². The molecule has 3 aliphatic rings. The lowest BCUT2D eigenvalue weighted by molar-refractivity contribution is -0.139. The van der Waals surface area contributed by atoms with E-state index >= 15 is 0 Å². The standard InChI is InChI=1S/C25H25FN4O5/c1-16(31)17-6-7-20(19(26)14-17)28-9-11-29(12-10-28)22(32)15-30-23(33)25(27-24(30)34)8-13-35-21-5-3-2-4-18(21)25/h2-7,14H,8-13,15H2,1H3,(H,27,34)/t25-/m0/s1. The number of hydrogen-bond acceptors (Lipinski definition) is 6. The van der Waals surface area contributed by atoms with E-state index in [0.717, 1.165) is 4.90 Å². The number of halogens is 1. The normalized spacial score (nSPS) is 21.6. The van der Waals surface area contributed by atoms with Crippen molar-refractivity contribution in [3.63, 3.8) is 0 Å². The Morgan fingerprint density at radius 1 is 1.09 bits per heavy atom. The van der Waals surface area contributed by atoms with Crippen molar-refractivity contribution in [3.05, 3.63) is 59.4 Å². The molecule has 3 aliphatic heterocycles. The van der Waals surface area contributed by atoms with Crippen LogP contribution in [-0.2, 0) is 15.1 Å². The Hall–Kier alpha value is -3.95. The van der Waals surface area contributed by atoms with E-state index in [-0.39, 0.29) is 31.3 Å². The summed E-state index contributed by atoms with van der Waals surface area (Å²) >= 11 is 0. The van der Waals surface area contributed by atoms with Crippen molar-refractivity contribution in [2.75, 3.05) is 44.2 Å². The lowest BCUT2D eigenvalue weighted by Gasteiger charge is -2.37. The van der Waals surface area contributed by atoms with E-state index < -0.39 is 23.3 Å². The van der Waals surface area contributed by atoms with Crippen molar-refractivity contribution in [1.82, 2.24) is 15.1 Å². The predicted octanol–water partition coefficient (Wildman–Crippen LogP) is 1.91. The zero-order valence-corrected chi connectivity index (χ0v) is 19.3. The van der Waals surface area contributed by atoms with Gasteiger partial charge in [0.15, 0.2) is 11.3 Å². The van der Waals surface area contributed by atoms with Crippen LogP contribution in [0.1, 0.15) is 29.3 Å². The number of ether oxygens (including phenoxy) is 1. The Morgan fingerprint density at radius 3 is 2.54 bits per heavy atom. The largest absolute Gasteiger partial charge is 0.493 e. The summed E-state index contributed by atoms with van der Waals surface area (Å²) in [6.07, 6.45) is 0.284. The molecule has 2 fully saturated rings. The number of hydrogen-bond donors (Lipinski definition) is 1. The molecule has 9 nitrogen and oxygen atoms in total. The predicted molar refractivity (Wildman–Crippen MR) is 124 cm³/mol. The number of nitrogens with one attached hydrogen (secondary N) is 1. The fourth-order valence-corrected chi connectivity index (χ4v) is 4.93. The highest BCUT2D eigenvalue weighted by atomic mass is 19.1. The topological polar surface area (TPSA) is 99.3 Å². The molecule has 182 valence electrons. The highest BCUT2D eigenvalue weighted by Crippen LogP contribution is 2.41. The van der Waals surface area contributed by atoms with Crippen LogP contribution in [0.2, 0.25) is 0 Å². The van der Waals surface area contributed by atoms with Gasteiger partial charge in [-0.2, -0.15) is 0 Å². The third-order valence-electron chi connectivity index (χ3n) is 6.88. The summed E-state index contributed by atoms with van der Waals surface area (Å²) in [5.41, 5.74) is 0.0370. The first kappa shape index (κ1) is 22.8. The molecule has 2 saturated heterocycles. The summed E-state index contributed by atoms with van der Waals surface area (Å²) in [7, 11) is 0. The monoisotopic (exact) mass is 480 g/mol. The summed E-state index contributed by atoms with van der Waals surface area (Å²) in [6, 6.07) is 10.8. The highest BCUT2D eigenvalue weighted by Gasteiger charge is 2.55. The van der Waals surface area contributed by atoms with E-state index in [9.17, 15) is 23.6 Å². The number of imide groups is 1. The fourth-order valence-electron chi connectivity index (χ4n) is 4.93. The van der Waals surface area contributed by atoms with Crippen LogP contribution < -0.4 is 15.0 Å². The molecule has 0 bridgehead atoms. The van der Waals surface area contributed by atoms with Crippen LogP contribution in [0.5, 0.6) is 5.75 Å². The number of rotatable bonds is 4. The summed E-state index contributed by atoms with van der Waals surface area (Å²) < 4.78 is 20.1. The van der Waals surface area contributed by atoms with Gasteiger partial charge >= 0.3 is 6.03 Å². The first-order chi connectivity index (χ1) is 16.8. The fraction of sp³-hybridized carbons (Fsp3) is 0.360. The number of para-hydroxylation sites is 1. The van der Waals surface area contributed by atoms with Gasteiger partial charge in [-0.1, -0.05) is 18.2 Å². The molecule has 5 rings (SSSR count). The number of carbonyl (C=O) groups excluding carboxylic acids is 4. The Morgan fingerprint density at radius 2 is 1.83 bits per heavy atom. The molecule has 35 heavy (non-hydrogen) atoms. The second-order valence-corrected chi connectivity index (χ2v) is 8.91. The van der Waals surface area contributed by atoms with Crippen molar-refractivity contribution < 1.29 is 28.3 Å². The van der Waals surface area contributed by atoms with E-state index in [1.165, 1.54) is 13.0 Å². The van der Waals surface area contributed by atoms with Crippen molar-refractivity contribution in [1.29, 1.82) is 0 Å². The van der Waals surface area contributed by atoms with E-state index in [4.69, 9.17) is 4.74 Å². The lowest BCUT2D eigenvalue weighted by Crippen LogP contribution is -2.52. The Kier molecular flexibility index (Phi) is 5.66. The number of urea groups is 1. The van der Waals surface area contributed by atoms with Crippen LogP contribution in [0.15, 0.2) is 42.5 Å². The minimum Gasteiger partial charge on any atom is -0.493 e.